The Morgan fingerprint density at radius 3 is 1.95 bits per heavy atom. The standard InChI is InChI=1S/C32H34F2N2O6/c1-17-9-11-21(15-23(17)33)26(22-12-10-18(2)24(34)16-22)20(4)41-30(38)19(3)36-29(37)27-28(25(40-8)13-14-35-27)42-31(39)32(5,6)7/h9-16,19H,1-8H3,(H,36,37)/t19-/m0/s1. The number of allylic oxidation sites excluding steroid dienone is 1. The maximum Gasteiger partial charge on any atom is 0.333 e. The van der Waals surface area contributed by atoms with Crippen molar-refractivity contribution in [2.75, 3.05) is 7.11 Å². The summed E-state index contributed by atoms with van der Waals surface area (Å²) in [4.78, 5) is 42.8. The number of esters is 2. The van der Waals surface area contributed by atoms with Gasteiger partial charge in [-0.1, -0.05) is 24.3 Å². The zero-order valence-electron chi connectivity index (χ0n) is 24.8. The van der Waals surface area contributed by atoms with E-state index in [0.717, 1.165) is 0 Å². The molecule has 0 radical (unpaired) electrons. The normalized spacial score (nSPS) is 11.8. The fourth-order valence-electron chi connectivity index (χ4n) is 3.78. The van der Waals surface area contributed by atoms with Gasteiger partial charge in [0.2, 0.25) is 5.75 Å². The average Bonchev–Trinajstić information content (AvgIpc) is 2.92. The third kappa shape index (κ3) is 7.37. The minimum Gasteiger partial charge on any atom is -0.493 e. The number of halogens is 2. The Morgan fingerprint density at radius 2 is 1.48 bits per heavy atom. The smallest absolute Gasteiger partial charge is 0.333 e. The van der Waals surface area contributed by atoms with Crippen LogP contribution in [0.4, 0.5) is 8.78 Å². The number of rotatable bonds is 8. The zero-order chi connectivity index (χ0) is 31.4. The van der Waals surface area contributed by atoms with E-state index in [9.17, 15) is 23.2 Å². The Bertz CT molecular complexity index is 1510. The number of benzene rings is 2. The number of carbonyl (C=O) groups excluding carboxylic acids is 3. The van der Waals surface area contributed by atoms with Crippen LogP contribution >= 0.6 is 0 Å². The van der Waals surface area contributed by atoms with Crippen molar-refractivity contribution in [2.45, 2.75) is 54.5 Å². The van der Waals surface area contributed by atoms with E-state index in [4.69, 9.17) is 14.2 Å². The molecule has 3 aromatic rings. The molecule has 0 spiro atoms. The molecule has 42 heavy (non-hydrogen) atoms. The Kier molecular flexibility index (Phi) is 9.83. The fraction of sp³-hybridized carbons (Fsp3) is 0.312. The van der Waals surface area contributed by atoms with Gasteiger partial charge >= 0.3 is 11.9 Å². The van der Waals surface area contributed by atoms with Gasteiger partial charge in [-0.15, -0.1) is 0 Å². The number of aryl methyl sites for hydroxylation is 2. The van der Waals surface area contributed by atoms with E-state index in [1.807, 2.05) is 0 Å². The first-order chi connectivity index (χ1) is 19.6. The van der Waals surface area contributed by atoms with Crippen LogP contribution in [0.5, 0.6) is 11.5 Å². The van der Waals surface area contributed by atoms with Gasteiger partial charge in [0.1, 0.15) is 23.4 Å². The van der Waals surface area contributed by atoms with Gasteiger partial charge in [-0.3, -0.25) is 9.59 Å². The molecule has 0 fully saturated rings. The molecule has 0 aliphatic rings. The molecule has 0 unspecified atom stereocenters. The number of aromatic nitrogens is 1. The molecule has 1 N–H and O–H groups in total. The highest BCUT2D eigenvalue weighted by Gasteiger charge is 2.30. The number of carbonyl (C=O) groups is 3. The lowest BCUT2D eigenvalue weighted by molar-refractivity contribution is -0.143. The predicted octanol–water partition coefficient (Wildman–Crippen LogP) is 6.08. The quantitative estimate of drug-likeness (QED) is 0.255. The van der Waals surface area contributed by atoms with Crippen molar-refractivity contribution >= 4 is 23.4 Å². The molecule has 1 amide bonds. The van der Waals surface area contributed by atoms with Crippen molar-refractivity contribution in [3.63, 3.8) is 0 Å². The topological polar surface area (TPSA) is 104 Å². The summed E-state index contributed by atoms with van der Waals surface area (Å²) in [6, 6.07) is 9.21. The van der Waals surface area contributed by atoms with Crippen LogP contribution in [0.25, 0.3) is 5.57 Å². The number of nitrogens with zero attached hydrogens (tertiary/aromatic N) is 1. The first-order valence-corrected chi connectivity index (χ1v) is 13.2. The molecule has 10 heteroatoms. The van der Waals surface area contributed by atoms with Crippen molar-refractivity contribution in [1.29, 1.82) is 0 Å². The van der Waals surface area contributed by atoms with Crippen LogP contribution in [-0.4, -0.2) is 36.0 Å². The van der Waals surface area contributed by atoms with Gasteiger partial charge in [0.05, 0.1) is 12.5 Å². The van der Waals surface area contributed by atoms with Gasteiger partial charge in [-0.2, -0.15) is 0 Å². The second-order valence-corrected chi connectivity index (χ2v) is 10.8. The van der Waals surface area contributed by atoms with Crippen LogP contribution in [0, 0.1) is 30.9 Å². The Morgan fingerprint density at radius 1 is 0.929 bits per heavy atom. The number of amides is 1. The van der Waals surface area contributed by atoms with E-state index in [-0.39, 0.29) is 23.0 Å². The van der Waals surface area contributed by atoms with Crippen molar-refractivity contribution in [3.8, 4) is 11.5 Å². The molecule has 0 saturated carbocycles. The summed E-state index contributed by atoms with van der Waals surface area (Å²) in [6.07, 6.45) is 1.30. The first-order valence-electron chi connectivity index (χ1n) is 13.2. The summed E-state index contributed by atoms with van der Waals surface area (Å²) >= 11 is 0. The van der Waals surface area contributed by atoms with Gasteiger partial charge in [0.15, 0.2) is 11.4 Å². The molecule has 0 aliphatic carbocycles. The lowest BCUT2D eigenvalue weighted by Gasteiger charge is -2.20. The van der Waals surface area contributed by atoms with Crippen LogP contribution in [0.15, 0.2) is 54.4 Å². The summed E-state index contributed by atoms with van der Waals surface area (Å²) < 4.78 is 45.3. The number of hydrogen-bond donors (Lipinski definition) is 1. The molecular weight excluding hydrogens is 546 g/mol. The Labute approximate surface area is 243 Å². The summed E-state index contributed by atoms with van der Waals surface area (Å²) in [5, 5.41) is 2.49. The first kappa shape index (κ1) is 31.9. The van der Waals surface area contributed by atoms with Crippen LogP contribution in [-0.2, 0) is 14.3 Å². The third-order valence-corrected chi connectivity index (χ3v) is 6.34. The third-order valence-electron chi connectivity index (χ3n) is 6.34. The number of ether oxygens (including phenoxy) is 3. The van der Waals surface area contributed by atoms with Gasteiger partial charge in [0, 0.05) is 17.8 Å². The lowest BCUT2D eigenvalue weighted by Crippen LogP contribution is -2.40. The highest BCUT2D eigenvalue weighted by Crippen LogP contribution is 2.32. The second kappa shape index (κ2) is 12.9. The maximum atomic E-state index is 14.5. The van der Waals surface area contributed by atoms with Crippen LogP contribution in [0.2, 0.25) is 0 Å². The molecule has 2 aromatic carbocycles. The van der Waals surface area contributed by atoms with Crippen LogP contribution in [0.1, 0.15) is 67.4 Å². The Balaban J connectivity index is 1.92. The Hall–Kier alpha value is -4.60. The van der Waals surface area contributed by atoms with E-state index in [1.165, 1.54) is 45.4 Å². The number of hydrogen-bond acceptors (Lipinski definition) is 7. The maximum absolute atomic E-state index is 14.5. The van der Waals surface area contributed by atoms with E-state index < -0.39 is 40.9 Å². The molecule has 1 aromatic heterocycles. The fourth-order valence-corrected chi connectivity index (χ4v) is 3.78. The molecule has 0 aliphatic heterocycles. The minimum absolute atomic E-state index is 0.0620. The second-order valence-electron chi connectivity index (χ2n) is 10.8. The highest BCUT2D eigenvalue weighted by molar-refractivity contribution is 5.99. The van der Waals surface area contributed by atoms with E-state index in [0.29, 0.717) is 27.8 Å². The summed E-state index contributed by atoms with van der Waals surface area (Å²) in [5.74, 6) is -3.29. The molecule has 0 bridgehead atoms. The van der Waals surface area contributed by atoms with E-state index >= 15 is 0 Å². The van der Waals surface area contributed by atoms with Gasteiger partial charge < -0.3 is 19.5 Å². The monoisotopic (exact) mass is 580 g/mol. The van der Waals surface area contributed by atoms with Crippen molar-refractivity contribution in [3.05, 3.63) is 94.0 Å². The molecule has 0 saturated heterocycles. The molecule has 8 nitrogen and oxygen atoms in total. The summed E-state index contributed by atoms with van der Waals surface area (Å²) in [5.41, 5.74) is 0.711. The molecule has 1 atom stereocenters. The van der Waals surface area contributed by atoms with Gasteiger partial charge in [0.25, 0.3) is 5.91 Å². The number of nitrogens with one attached hydrogen (secondary N) is 1. The van der Waals surface area contributed by atoms with Crippen molar-refractivity contribution in [2.24, 2.45) is 5.41 Å². The molecule has 3 rings (SSSR count). The highest BCUT2D eigenvalue weighted by atomic mass is 19.1. The van der Waals surface area contributed by atoms with E-state index in [2.05, 4.69) is 10.3 Å². The summed E-state index contributed by atoms with van der Waals surface area (Å²) in [6.45, 7) is 11.1. The number of methoxy groups -OCH3 is 1. The lowest BCUT2D eigenvalue weighted by atomic mass is 9.95. The van der Waals surface area contributed by atoms with Crippen molar-refractivity contribution < 1.29 is 37.4 Å². The SMILES string of the molecule is COc1ccnc(C(=O)N[C@@H](C)C(=O)OC(C)=C(c2ccc(C)c(F)c2)c2ccc(C)c(F)c2)c1OC(=O)C(C)(C)C. The van der Waals surface area contributed by atoms with Crippen molar-refractivity contribution in [1.82, 2.24) is 10.3 Å². The molecule has 222 valence electrons. The van der Waals surface area contributed by atoms with Crippen LogP contribution in [0.3, 0.4) is 0 Å². The van der Waals surface area contributed by atoms with Crippen LogP contribution < -0.4 is 14.8 Å². The predicted molar refractivity (Wildman–Crippen MR) is 153 cm³/mol. The van der Waals surface area contributed by atoms with Gasteiger partial charge in [-0.05, 0) is 82.9 Å². The van der Waals surface area contributed by atoms with E-state index in [1.54, 1.807) is 58.9 Å². The largest absolute Gasteiger partial charge is 0.493 e. The number of pyridine rings is 1. The van der Waals surface area contributed by atoms with Gasteiger partial charge in [-0.25, -0.2) is 18.6 Å². The average molecular weight is 581 g/mol. The zero-order valence-corrected chi connectivity index (χ0v) is 24.8. The minimum atomic E-state index is -1.20. The summed E-state index contributed by atoms with van der Waals surface area (Å²) in [7, 11) is 1.35. The molecule has 1 heterocycles. The molecular formula is C32H34F2N2O6.